The van der Waals surface area contributed by atoms with Gasteiger partial charge in [-0.1, -0.05) is 19.1 Å². The highest BCUT2D eigenvalue weighted by atomic mass is 32.1. The normalized spacial score (nSPS) is 10.7. The Labute approximate surface area is 115 Å². The van der Waals surface area contributed by atoms with Crippen molar-refractivity contribution in [1.29, 1.82) is 0 Å². The highest BCUT2D eigenvalue weighted by molar-refractivity contribution is 7.80. The van der Waals surface area contributed by atoms with Crippen LogP contribution in [0.5, 0.6) is 0 Å². The van der Waals surface area contributed by atoms with E-state index in [0.717, 1.165) is 37.4 Å². The fraction of sp³-hybridized carbons (Fsp3) is 0.538. The predicted octanol–water partition coefficient (Wildman–Crippen LogP) is 1.49. The lowest BCUT2D eigenvalue weighted by Gasteiger charge is -2.26. The van der Waals surface area contributed by atoms with Gasteiger partial charge in [-0.2, -0.15) is 0 Å². The first-order valence-corrected chi connectivity index (χ1v) is 6.61. The third-order valence-corrected chi connectivity index (χ3v) is 2.88. The maximum absolute atomic E-state index is 5.76. The molecule has 0 bridgehead atoms. The minimum Gasteiger partial charge on any atom is -0.389 e. The van der Waals surface area contributed by atoms with Crippen LogP contribution in [0.3, 0.4) is 0 Å². The second-order valence-electron chi connectivity index (χ2n) is 4.53. The number of likely N-dealkylation sites (N-methyl/N-ethyl adjacent to an activating group) is 1. The maximum Gasteiger partial charge on any atom is 0.138 e. The van der Waals surface area contributed by atoms with Gasteiger partial charge < -0.3 is 15.5 Å². The average molecular weight is 266 g/mol. The Balaban J connectivity index is 2.93. The highest BCUT2D eigenvalue weighted by Gasteiger charge is 2.13. The summed E-state index contributed by atoms with van der Waals surface area (Å²) in [7, 11) is 4.13. The number of pyridine rings is 1. The van der Waals surface area contributed by atoms with Crippen molar-refractivity contribution in [3.8, 4) is 0 Å². The Morgan fingerprint density at radius 3 is 2.61 bits per heavy atom. The molecule has 1 rings (SSSR count). The number of anilines is 1. The molecule has 0 saturated heterocycles. The Bertz CT molecular complexity index is 392. The molecule has 100 valence electrons. The van der Waals surface area contributed by atoms with Crippen molar-refractivity contribution in [2.24, 2.45) is 5.73 Å². The van der Waals surface area contributed by atoms with Crippen LogP contribution in [0.2, 0.25) is 0 Å². The topological polar surface area (TPSA) is 45.4 Å². The Morgan fingerprint density at radius 2 is 2.06 bits per heavy atom. The molecule has 0 fully saturated rings. The Morgan fingerprint density at radius 1 is 1.33 bits per heavy atom. The quantitative estimate of drug-likeness (QED) is 0.758. The molecule has 1 aromatic rings. The largest absolute Gasteiger partial charge is 0.389 e. The van der Waals surface area contributed by atoms with Gasteiger partial charge in [-0.3, -0.25) is 0 Å². The fourth-order valence-corrected chi connectivity index (χ4v) is 1.91. The zero-order valence-electron chi connectivity index (χ0n) is 11.4. The molecule has 0 aliphatic heterocycles. The molecule has 18 heavy (non-hydrogen) atoms. The molecule has 5 heteroatoms. The van der Waals surface area contributed by atoms with E-state index in [1.165, 1.54) is 0 Å². The van der Waals surface area contributed by atoms with E-state index < -0.39 is 0 Å². The third kappa shape index (κ3) is 4.23. The smallest absolute Gasteiger partial charge is 0.138 e. The summed E-state index contributed by atoms with van der Waals surface area (Å²) in [5.74, 6) is 0.897. The van der Waals surface area contributed by atoms with E-state index in [1.54, 1.807) is 6.20 Å². The van der Waals surface area contributed by atoms with Crippen molar-refractivity contribution >= 4 is 23.0 Å². The first-order valence-electron chi connectivity index (χ1n) is 6.20. The summed E-state index contributed by atoms with van der Waals surface area (Å²) in [5, 5.41) is 0. The molecular formula is C13H22N4S. The van der Waals surface area contributed by atoms with Crippen LogP contribution < -0.4 is 10.6 Å². The molecule has 1 aromatic heterocycles. The van der Waals surface area contributed by atoms with Crippen molar-refractivity contribution in [3.63, 3.8) is 0 Å². The van der Waals surface area contributed by atoms with Gasteiger partial charge >= 0.3 is 0 Å². The molecule has 0 aliphatic rings. The minimum atomic E-state index is 0.407. The molecule has 4 nitrogen and oxygen atoms in total. The lowest BCUT2D eigenvalue weighted by molar-refractivity contribution is 0.412. The van der Waals surface area contributed by atoms with Gasteiger partial charge in [0, 0.05) is 25.8 Å². The van der Waals surface area contributed by atoms with Gasteiger partial charge in [-0.05, 0) is 32.6 Å². The first-order chi connectivity index (χ1) is 8.56. The maximum atomic E-state index is 5.76. The minimum absolute atomic E-state index is 0.407. The van der Waals surface area contributed by atoms with E-state index in [-0.39, 0.29) is 0 Å². The number of hydrogen-bond donors (Lipinski definition) is 1. The molecule has 1 heterocycles. The van der Waals surface area contributed by atoms with Crippen LogP contribution in [0.1, 0.15) is 18.9 Å². The van der Waals surface area contributed by atoms with Crippen LogP contribution in [0.15, 0.2) is 18.3 Å². The molecule has 0 atom stereocenters. The van der Waals surface area contributed by atoms with Gasteiger partial charge in [0.05, 0.1) is 5.56 Å². The van der Waals surface area contributed by atoms with Gasteiger partial charge in [0.1, 0.15) is 10.8 Å². The lowest BCUT2D eigenvalue weighted by Crippen LogP contribution is -2.34. The number of hydrogen-bond acceptors (Lipinski definition) is 4. The highest BCUT2D eigenvalue weighted by Crippen LogP contribution is 2.17. The van der Waals surface area contributed by atoms with Crippen LogP contribution in [0, 0.1) is 0 Å². The van der Waals surface area contributed by atoms with Gasteiger partial charge in [-0.25, -0.2) is 4.98 Å². The van der Waals surface area contributed by atoms with Crippen molar-refractivity contribution in [2.75, 3.05) is 38.6 Å². The summed E-state index contributed by atoms with van der Waals surface area (Å²) in [6.07, 6.45) is 2.86. The molecule has 0 radical (unpaired) electrons. The van der Waals surface area contributed by atoms with E-state index in [4.69, 9.17) is 18.0 Å². The number of nitrogens with two attached hydrogens (primary N) is 1. The van der Waals surface area contributed by atoms with Crippen molar-refractivity contribution in [2.45, 2.75) is 13.3 Å². The summed E-state index contributed by atoms with van der Waals surface area (Å²) in [6.45, 7) is 5.02. The van der Waals surface area contributed by atoms with Gasteiger partial charge in [0.2, 0.25) is 0 Å². The second kappa shape index (κ2) is 7.28. The van der Waals surface area contributed by atoms with Gasteiger partial charge in [-0.15, -0.1) is 0 Å². The van der Waals surface area contributed by atoms with Crippen LogP contribution in [0.4, 0.5) is 5.82 Å². The number of nitrogens with zero attached hydrogens (tertiary/aromatic N) is 3. The molecule has 0 aliphatic carbocycles. The van der Waals surface area contributed by atoms with Crippen LogP contribution in [-0.4, -0.2) is 48.6 Å². The summed E-state index contributed by atoms with van der Waals surface area (Å²) in [6, 6.07) is 3.80. The van der Waals surface area contributed by atoms with Crippen LogP contribution >= 0.6 is 12.2 Å². The van der Waals surface area contributed by atoms with E-state index in [9.17, 15) is 0 Å². The zero-order chi connectivity index (χ0) is 13.5. The third-order valence-electron chi connectivity index (χ3n) is 2.66. The summed E-state index contributed by atoms with van der Waals surface area (Å²) in [5.41, 5.74) is 6.62. The molecule has 0 unspecified atom stereocenters. The average Bonchev–Trinajstić information content (AvgIpc) is 2.34. The van der Waals surface area contributed by atoms with Crippen molar-refractivity contribution in [1.82, 2.24) is 9.88 Å². The van der Waals surface area contributed by atoms with Crippen molar-refractivity contribution in [3.05, 3.63) is 23.9 Å². The van der Waals surface area contributed by atoms with Crippen LogP contribution in [-0.2, 0) is 0 Å². The standard InChI is InChI=1S/C13H22N4S/c1-4-8-17(10-9-16(2)3)13-11(12(14)18)6-5-7-15-13/h5-7H,4,8-10H2,1-3H3,(H2,14,18). The molecule has 0 spiro atoms. The predicted molar refractivity (Wildman–Crippen MR) is 81.2 cm³/mol. The van der Waals surface area contributed by atoms with E-state index in [0.29, 0.717) is 4.99 Å². The summed E-state index contributed by atoms with van der Waals surface area (Å²) in [4.78, 5) is 9.25. The van der Waals surface area contributed by atoms with Crippen molar-refractivity contribution < 1.29 is 0 Å². The zero-order valence-corrected chi connectivity index (χ0v) is 12.2. The Hall–Kier alpha value is -1.20. The fourth-order valence-electron chi connectivity index (χ4n) is 1.76. The lowest BCUT2D eigenvalue weighted by atomic mass is 10.2. The molecule has 0 saturated carbocycles. The SMILES string of the molecule is CCCN(CCN(C)C)c1ncccc1C(N)=S. The van der Waals surface area contributed by atoms with Gasteiger partial charge in [0.15, 0.2) is 0 Å². The van der Waals surface area contributed by atoms with E-state index in [1.807, 2.05) is 12.1 Å². The number of rotatable bonds is 7. The van der Waals surface area contributed by atoms with Gasteiger partial charge in [0.25, 0.3) is 0 Å². The first kappa shape index (κ1) is 14.9. The summed E-state index contributed by atoms with van der Waals surface area (Å²) >= 11 is 5.09. The monoisotopic (exact) mass is 266 g/mol. The second-order valence-corrected chi connectivity index (χ2v) is 4.97. The van der Waals surface area contributed by atoms with E-state index >= 15 is 0 Å². The van der Waals surface area contributed by atoms with E-state index in [2.05, 4.69) is 35.8 Å². The van der Waals surface area contributed by atoms with Crippen LogP contribution in [0.25, 0.3) is 0 Å². The molecule has 2 N–H and O–H groups in total. The number of aromatic nitrogens is 1. The summed E-state index contributed by atoms with van der Waals surface area (Å²) < 4.78 is 0. The number of thiocarbonyl (C=S) groups is 1. The molecule has 0 aromatic carbocycles. The molecule has 0 amide bonds. The Kier molecular flexibility index (Phi) is 6.01. The molecular weight excluding hydrogens is 244 g/mol.